The van der Waals surface area contributed by atoms with E-state index in [1.807, 2.05) is 30.5 Å². The maximum Gasteiger partial charge on any atom is 0.123 e. The molecule has 3 rings (SSSR count). The van der Waals surface area contributed by atoms with Crippen molar-refractivity contribution in [3.05, 3.63) is 71.4 Å². The van der Waals surface area contributed by atoms with Crippen molar-refractivity contribution < 1.29 is 4.74 Å². The molecule has 1 heterocycles. The number of aromatic nitrogens is 1. The van der Waals surface area contributed by atoms with Crippen molar-refractivity contribution in [2.45, 2.75) is 13.0 Å². The number of benzene rings is 2. The van der Waals surface area contributed by atoms with E-state index < -0.39 is 0 Å². The first-order valence-corrected chi connectivity index (χ1v) is 7.00. The Bertz CT molecular complexity index is 763. The third kappa shape index (κ3) is 2.73. The fraction of sp³-hybridized carbons (Fsp3) is 0.167. The highest BCUT2D eigenvalue weighted by Gasteiger charge is 2.06. The number of hydrogen-bond acceptors (Lipinski definition) is 3. The second kappa shape index (κ2) is 5.94. The minimum atomic E-state index is 0.480. The summed E-state index contributed by atoms with van der Waals surface area (Å²) in [6.45, 7) is 0.480. The Morgan fingerprint density at radius 2 is 1.90 bits per heavy atom. The summed E-state index contributed by atoms with van der Waals surface area (Å²) in [5.74, 6) is 0.848. The molecule has 1 aromatic heterocycles. The van der Waals surface area contributed by atoms with Gasteiger partial charge in [0.05, 0.1) is 12.6 Å². The van der Waals surface area contributed by atoms with E-state index in [0.29, 0.717) is 6.54 Å². The summed E-state index contributed by atoms with van der Waals surface area (Å²) < 4.78 is 5.32. The van der Waals surface area contributed by atoms with Gasteiger partial charge in [-0.25, -0.2) is 0 Å². The second-order valence-corrected chi connectivity index (χ2v) is 5.01. The van der Waals surface area contributed by atoms with Crippen molar-refractivity contribution in [1.82, 2.24) is 4.98 Å². The molecule has 0 aliphatic carbocycles. The van der Waals surface area contributed by atoms with Gasteiger partial charge in [-0.15, -0.1) is 0 Å². The number of hydrogen-bond donors (Lipinski definition) is 1. The van der Waals surface area contributed by atoms with Crippen LogP contribution in [0.15, 0.2) is 54.7 Å². The predicted molar refractivity (Wildman–Crippen MR) is 85.4 cm³/mol. The summed E-state index contributed by atoms with van der Waals surface area (Å²) in [6, 6.07) is 16.5. The molecule has 0 aliphatic heterocycles. The number of rotatable bonds is 4. The Labute approximate surface area is 124 Å². The zero-order valence-corrected chi connectivity index (χ0v) is 12.0. The predicted octanol–water partition coefficient (Wildman–Crippen LogP) is 3.29. The van der Waals surface area contributed by atoms with Crippen molar-refractivity contribution >= 4 is 10.9 Å². The van der Waals surface area contributed by atoms with E-state index in [1.165, 1.54) is 16.5 Å². The topological polar surface area (TPSA) is 48.1 Å². The van der Waals surface area contributed by atoms with Gasteiger partial charge >= 0.3 is 0 Å². The Morgan fingerprint density at radius 1 is 1.05 bits per heavy atom. The van der Waals surface area contributed by atoms with Crippen LogP contribution in [-0.4, -0.2) is 12.1 Å². The summed E-state index contributed by atoms with van der Waals surface area (Å²) in [6.07, 6.45) is 2.73. The van der Waals surface area contributed by atoms with Crippen LogP contribution in [0, 0.1) is 0 Å². The van der Waals surface area contributed by atoms with Crippen LogP contribution >= 0.6 is 0 Å². The number of para-hydroxylation sites is 1. The zero-order valence-electron chi connectivity index (χ0n) is 12.0. The van der Waals surface area contributed by atoms with Gasteiger partial charge in [-0.1, -0.05) is 30.3 Å². The lowest BCUT2D eigenvalue weighted by atomic mass is 9.99. The normalized spacial score (nSPS) is 10.8. The Kier molecular flexibility index (Phi) is 3.84. The van der Waals surface area contributed by atoms with Gasteiger partial charge in [-0.3, -0.25) is 4.98 Å². The Hall–Kier alpha value is -2.39. The van der Waals surface area contributed by atoms with Crippen LogP contribution in [0.5, 0.6) is 5.75 Å². The Balaban J connectivity index is 1.99. The fourth-order valence-corrected chi connectivity index (χ4v) is 2.63. The summed E-state index contributed by atoms with van der Waals surface area (Å²) in [5, 5.41) is 1.20. The molecule has 0 amide bonds. The lowest BCUT2D eigenvalue weighted by Crippen LogP contribution is -2.01. The smallest absolute Gasteiger partial charge is 0.123 e. The van der Waals surface area contributed by atoms with Crippen LogP contribution in [0.25, 0.3) is 10.9 Å². The van der Waals surface area contributed by atoms with Gasteiger partial charge in [-0.2, -0.15) is 0 Å². The highest BCUT2D eigenvalue weighted by atomic mass is 16.5. The van der Waals surface area contributed by atoms with Crippen LogP contribution in [0.2, 0.25) is 0 Å². The summed E-state index contributed by atoms with van der Waals surface area (Å²) in [4.78, 5) is 4.40. The fourth-order valence-electron chi connectivity index (χ4n) is 2.63. The molecule has 0 bridgehead atoms. The Morgan fingerprint density at radius 3 is 2.71 bits per heavy atom. The molecule has 106 valence electrons. The quantitative estimate of drug-likeness (QED) is 0.796. The molecule has 3 heteroatoms. The summed E-state index contributed by atoms with van der Waals surface area (Å²) in [7, 11) is 1.67. The molecule has 3 nitrogen and oxygen atoms in total. The van der Waals surface area contributed by atoms with E-state index >= 15 is 0 Å². The van der Waals surface area contributed by atoms with Crippen molar-refractivity contribution in [2.24, 2.45) is 5.73 Å². The van der Waals surface area contributed by atoms with E-state index in [0.717, 1.165) is 23.3 Å². The first kappa shape index (κ1) is 13.6. The van der Waals surface area contributed by atoms with E-state index in [2.05, 4.69) is 29.2 Å². The van der Waals surface area contributed by atoms with E-state index in [-0.39, 0.29) is 0 Å². The highest BCUT2D eigenvalue weighted by Crippen LogP contribution is 2.23. The molecule has 0 radical (unpaired) electrons. The first-order valence-electron chi connectivity index (χ1n) is 7.00. The first-order chi connectivity index (χ1) is 10.3. The van der Waals surface area contributed by atoms with Gasteiger partial charge in [0.1, 0.15) is 5.75 Å². The van der Waals surface area contributed by atoms with E-state index in [9.17, 15) is 0 Å². The zero-order chi connectivity index (χ0) is 14.7. The average molecular weight is 278 g/mol. The maximum absolute atomic E-state index is 5.79. The van der Waals surface area contributed by atoms with Crippen LogP contribution in [-0.2, 0) is 13.0 Å². The number of nitrogens with two attached hydrogens (primary N) is 1. The van der Waals surface area contributed by atoms with Crippen LogP contribution in [0.1, 0.15) is 16.7 Å². The average Bonchev–Trinajstić information content (AvgIpc) is 2.55. The van der Waals surface area contributed by atoms with Crippen LogP contribution < -0.4 is 10.5 Å². The van der Waals surface area contributed by atoms with Gasteiger partial charge < -0.3 is 10.5 Å². The van der Waals surface area contributed by atoms with Gasteiger partial charge in [0.25, 0.3) is 0 Å². The number of fused-ring (bicyclic) bond motifs is 1. The monoisotopic (exact) mass is 278 g/mol. The molecule has 3 aromatic rings. The van der Waals surface area contributed by atoms with Crippen molar-refractivity contribution in [2.75, 3.05) is 7.11 Å². The molecule has 0 unspecified atom stereocenters. The van der Waals surface area contributed by atoms with Crippen molar-refractivity contribution in [1.29, 1.82) is 0 Å². The van der Waals surface area contributed by atoms with Crippen molar-refractivity contribution in [3.63, 3.8) is 0 Å². The van der Waals surface area contributed by atoms with Crippen LogP contribution in [0.4, 0.5) is 0 Å². The largest absolute Gasteiger partial charge is 0.496 e. The minimum Gasteiger partial charge on any atom is -0.496 e. The van der Waals surface area contributed by atoms with E-state index in [1.54, 1.807) is 7.11 Å². The number of ether oxygens (including phenoxy) is 1. The molecular weight excluding hydrogens is 260 g/mol. The lowest BCUT2D eigenvalue weighted by Gasteiger charge is -2.10. The number of nitrogens with zero attached hydrogens (tertiary/aromatic N) is 1. The standard InChI is InChI=1S/C18H18N2O/c1-21-18-7-6-13(11-15(18)12-19)10-14-8-9-20-17-5-3-2-4-16(14)17/h2-9,11H,10,12,19H2,1H3. The maximum atomic E-state index is 5.79. The number of pyridine rings is 1. The van der Waals surface area contributed by atoms with Gasteiger partial charge in [0.2, 0.25) is 0 Å². The molecular formula is C18H18N2O. The van der Waals surface area contributed by atoms with Gasteiger partial charge in [0.15, 0.2) is 0 Å². The third-order valence-electron chi connectivity index (χ3n) is 3.70. The summed E-state index contributed by atoms with van der Waals surface area (Å²) in [5.41, 5.74) is 10.4. The number of methoxy groups -OCH3 is 1. The summed E-state index contributed by atoms with van der Waals surface area (Å²) >= 11 is 0. The SMILES string of the molecule is COc1ccc(Cc2ccnc3ccccc23)cc1CN. The highest BCUT2D eigenvalue weighted by molar-refractivity contribution is 5.82. The molecule has 0 aliphatic rings. The van der Waals surface area contributed by atoms with Gasteiger partial charge in [0, 0.05) is 23.7 Å². The molecule has 0 saturated carbocycles. The lowest BCUT2D eigenvalue weighted by molar-refractivity contribution is 0.409. The van der Waals surface area contributed by atoms with Crippen LogP contribution in [0.3, 0.4) is 0 Å². The van der Waals surface area contributed by atoms with Gasteiger partial charge in [-0.05, 0) is 35.7 Å². The molecule has 0 fully saturated rings. The third-order valence-corrected chi connectivity index (χ3v) is 3.70. The molecule has 0 atom stereocenters. The van der Waals surface area contributed by atoms with Crippen molar-refractivity contribution in [3.8, 4) is 5.75 Å². The minimum absolute atomic E-state index is 0.480. The molecule has 2 aromatic carbocycles. The molecule has 0 saturated heterocycles. The molecule has 0 spiro atoms. The van der Waals surface area contributed by atoms with E-state index in [4.69, 9.17) is 10.5 Å². The second-order valence-electron chi connectivity index (χ2n) is 5.01. The molecule has 2 N–H and O–H groups in total. The molecule has 21 heavy (non-hydrogen) atoms.